The van der Waals surface area contributed by atoms with Crippen LogP contribution >= 0.6 is 11.3 Å². The molecule has 2 aromatic carbocycles. The van der Waals surface area contributed by atoms with E-state index >= 15 is 0 Å². The summed E-state index contributed by atoms with van der Waals surface area (Å²) in [5, 5.41) is 2.00. The fraction of sp³-hybridized carbons (Fsp3) is 0.0526. The molecule has 4 rings (SSSR count). The van der Waals surface area contributed by atoms with E-state index in [9.17, 15) is 9.59 Å². The maximum absolute atomic E-state index is 12.4. The Bertz CT molecular complexity index is 866. The lowest BCUT2D eigenvalue weighted by Gasteiger charge is -2.14. The second-order valence-corrected chi connectivity index (χ2v) is 6.39. The molecule has 0 atom stereocenters. The standard InChI is InChI=1S/C19H13NO3S/c21-18-16-5-1-2-6-17(16)19(22)20(18)13-7-9-14(10-8-13)23-12-15-4-3-11-24-15/h1-11H,12H2. The number of nitrogens with zero attached hydrogens (tertiary/aromatic N) is 1. The number of rotatable bonds is 4. The lowest BCUT2D eigenvalue weighted by Crippen LogP contribution is -2.29. The first-order valence-corrected chi connectivity index (χ1v) is 8.35. The Hall–Kier alpha value is -2.92. The first-order chi connectivity index (χ1) is 11.7. The number of imide groups is 1. The average molecular weight is 335 g/mol. The third-order valence-electron chi connectivity index (χ3n) is 3.85. The maximum Gasteiger partial charge on any atom is 0.266 e. The van der Waals surface area contributed by atoms with E-state index in [1.807, 2.05) is 17.5 Å². The monoisotopic (exact) mass is 335 g/mol. The Morgan fingerprint density at radius 1 is 0.833 bits per heavy atom. The predicted octanol–water partition coefficient (Wildman–Crippen LogP) is 4.13. The normalized spacial score (nSPS) is 13.2. The van der Waals surface area contributed by atoms with Crippen molar-refractivity contribution < 1.29 is 14.3 Å². The minimum Gasteiger partial charge on any atom is -0.488 e. The van der Waals surface area contributed by atoms with Gasteiger partial charge in [0.1, 0.15) is 12.4 Å². The summed E-state index contributed by atoms with van der Waals surface area (Å²) in [6, 6.07) is 17.9. The first kappa shape index (κ1) is 14.7. The number of ether oxygens (including phenoxy) is 1. The number of carbonyl (C=O) groups excluding carboxylic acids is 2. The lowest BCUT2D eigenvalue weighted by atomic mass is 10.1. The van der Waals surface area contributed by atoms with Gasteiger partial charge in [-0.25, -0.2) is 4.90 Å². The number of hydrogen-bond acceptors (Lipinski definition) is 4. The van der Waals surface area contributed by atoms with Crippen molar-refractivity contribution in [2.45, 2.75) is 6.61 Å². The second-order valence-electron chi connectivity index (χ2n) is 5.35. The molecule has 0 saturated heterocycles. The number of carbonyl (C=O) groups is 2. The topological polar surface area (TPSA) is 46.6 Å². The van der Waals surface area contributed by atoms with Gasteiger partial charge in [0, 0.05) is 4.88 Å². The number of amides is 2. The molecule has 24 heavy (non-hydrogen) atoms. The van der Waals surface area contributed by atoms with Gasteiger partial charge < -0.3 is 4.74 Å². The molecule has 0 saturated carbocycles. The molecule has 3 aromatic rings. The number of fused-ring (bicyclic) bond motifs is 1. The molecule has 0 unspecified atom stereocenters. The summed E-state index contributed by atoms with van der Waals surface area (Å²) in [6.07, 6.45) is 0. The molecular formula is C19H13NO3S. The van der Waals surface area contributed by atoms with Gasteiger partial charge in [0.15, 0.2) is 0 Å². The maximum atomic E-state index is 12.4. The van der Waals surface area contributed by atoms with Crippen LogP contribution in [-0.4, -0.2) is 11.8 Å². The molecule has 0 N–H and O–H groups in total. The van der Waals surface area contributed by atoms with Crippen LogP contribution < -0.4 is 9.64 Å². The molecule has 118 valence electrons. The molecule has 2 amide bonds. The summed E-state index contributed by atoms with van der Waals surface area (Å²) in [5.74, 6) is 0.120. The van der Waals surface area contributed by atoms with E-state index in [0.29, 0.717) is 29.2 Å². The summed E-state index contributed by atoms with van der Waals surface area (Å²) in [6.45, 7) is 0.504. The van der Waals surface area contributed by atoms with Gasteiger partial charge in [0.2, 0.25) is 0 Å². The highest BCUT2D eigenvalue weighted by molar-refractivity contribution is 7.09. The fourth-order valence-corrected chi connectivity index (χ4v) is 3.28. The van der Waals surface area contributed by atoms with Crippen LogP contribution in [0.5, 0.6) is 5.75 Å². The highest BCUT2D eigenvalue weighted by atomic mass is 32.1. The molecule has 0 spiro atoms. The van der Waals surface area contributed by atoms with Gasteiger partial charge in [-0.1, -0.05) is 18.2 Å². The number of hydrogen-bond donors (Lipinski definition) is 0. The second kappa shape index (κ2) is 5.94. The highest BCUT2D eigenvalue weighted by Gasteiger charge is 2.36. The molecule has 0 aliphatic carbocycles. The van der Waals surface area contributed by atoms with Crippen LogP contribution in [0, 0.1) is 0 Å². The molecule has 5 heteroatoms. The summed E-state index contributed by atoms with van der Waals surface area (Å²) in [4.78, 5) is 27.2. The summed E-state index contributed by atoms with van der Waals surface area (Å²) < 4.78 is 5.71. The quantitative estimate of drug-likeness (QED) is 0.674. The SMILES string of the molecule is O=C1c2ccccc2C(=O)N1c1ccc(OCc2cccs2)cc1. The van der Waals surface area contributed by atoms with Gasteiger partial charge in [0.05, 0.1) is 16.8 Å². The third-order valence-corrected chi connectivity index (χ3v) is 4.70. The Morgan fingerprint density at radius 3 is 2.08 bits per heavy atom. The van der Waals surface area contributed by atoms with Gasteiger partial charge in [-0.3, -0.25) is 9.59 Å². The Morgan fingerprint density at radius 2 is 1.50 bits per heavy atom. The molecular weight excluding hydrogens is 322 g/mol. The van der Waals surface area contributed by atoms with Crippen LogP contribution in [-0.2, 0) is 6.61 Å². The zero-order chi connectivity index (χ0) is 16.5. The van der Waals surface area contributed by atoms with Gasteiger partial charge in [-0.05, 0) is 47.8 Å². The minimum absolute atomic E-state index is 0.289. The largest absolute Gasteiger partial charge is 0.488 e. The van der Waals surface area contributed by atoms with Crippen molar-refractivity contribution >= 4 is 28.8 Å². The smallest absolute Gasteiger partial charge is 0.266 e. The van der Waals surface area contributed by atoms with Crippen LogP contribution in [0.3, 0.4) is 0 Å². The van der Waals surface area contributed by atoms with E-state index in [4.69, 9.17) is 4.74 Å². The number of thiophene rings is 1. The van der Waals surface area contributed by atoms with Crippen molar-refractivity contribution in [2.24, 2.45) is 0 Å². The highest BCUT2D eigenvalue weighted by Crippen LogP contribution is 2.29. The van der Waals surface area contributed by atoms with E-state index in [1.54, 1.807) is 59.9 Å². The molecule has 1 aliphatic rings. The third kappa shape index (κ3) is 2.49. The molecule has 0 bridgehead atoms. The molecule has 2 heterocycles. The fourth-order valence-electron chi connectivity index (χ4n) is 2.66. The van der Waals surface area contributed by atoms with E-state index in [1.165, 1.54) is 4.90 Å². The lowest BCUT2D eigenvalue weighted by molar-refractivity contribution is 0.0926. The van der Waals surface area contributed by atoms with Crippen molar-refractivity contribution in [1.82, 2.24) is 0 Å². The predicted molar refractivity (Wildman–Crippen MR) is 92.7 cm³/mol. The number of benzene rings is 2. The van der Waals surface area contributed by atoms with Gasteiger partial charge >= 0.3 is 0 Å². The Labute approximate surface area is 142 Å². The van der Waals surface area contributed by atoms with Crippen LogP contribution in [0.15, 0.2) is 66.0 Å². The van der Waals surface area contributed by atoms with Crippen LogP contribution in [0.1, 0.15) is 25.6 Å². The number of anilines is 1. The van der Waals surface area contributed by atoms with Crippen molar-refractivity contribution in [3.63, 3.8) is 0 Å². The molecule has 1 aromatic heterocycles. The van der Waals surface area contributed by atoms with Crippen LogP contribution in [0.25, 0.3) is 0 Å². The van der Waals surface area contributed by atoms with Crippen LogP contribution in [0.4, 0.5) is 5.69 Å². The van der Waals surface area contributed by atoms with Crippen molar-refractivity contribution in [3.8, 4) is 5.75 Å². The first-order valence-electron chi connectivity index (χ1n) is 7.47. The summed E-state index contributed by atoms with van der Waals surface area (Å²) in [7, 11) is 0. The Kier molecular flexibility index (Phi) is 3.63. The minimum atomic E-state index is -0.289. The summed E-state index contributed by atoms with van der Waals surface area (Å²) in [5.41, 5.74) is 1.44. The Balaban J connectivity index is 1.53. The van der Waals surface area contributed by atoms with Gasteiger partial charge in [-0.15, -0.1) is 11.3 Å². The molecule has 1 aliphatic heterocycles. The van der Waals surface area contributed by atoms with Crippen molar-refractivity contribution in [2.75, 3.05) is 4.90 Å². The molecule has 4 nitrogen and oxygen atoms in total. The van der Waals surface area contributed by atoms with E-state index in [-0.39, 0.29) is 11.8 Å². The zero-order valence-corrected chi connectivity index (χ0v) is 13.5. The van der Waals surface area contributed by atoms with Crippen molar-refractivity contribution in [3.05, 3.63) is 82.0 Å². The summed E-state index contributed by atoms with van der Waals surface area (Å²) >= 11 is 1.64. The van der Waals surface area contributed by atoms with Gasteiger partial charge in [0.25, 0.3) is 11.8 Å². The van der Waals surface area contributed by atoms with E-state index < -0.39 is 0 Å². The van der Waals surface area contributed by atoms with Gasteiger partial charge in [-0.2, -0.15) is 0 Å². The van der Waals surface area contributed by atoms with Crippen LogP contribution in [0.2, 0.25) is 0 Å². The van der Waals surface area contributed by atoms with E-state index in [0.717, 1.165) is 4.88 Å². The van der Waals surface area contributed by atoms with E-state index in [2.05, 4.69) is 0 Å². The molecule has 0 fully saturated rings. The van der Waals surface area contributed by atoms with Crippen molar-refractivity contribution in [1.29, 1.82) is 0 Å². The zero-order valence-electron chi connectivity index (χ0n) is 12.6. The molecule has 0 radical (unpaired) electrons. The average Bonchev–Trinajstić information content (AvgIpc) is 3.22.